The molecule has 0 radical (unpaired) electrons. The third-order valence-corrected chi connectivity index (χ3v) is 10.6. The molecular weight excluding hydrogens is 667 g/mol. The van der Waals surface area contributed by atoms with Crippen LogP contribution in [0.15, 0.2) is 89.7 Å². The van der Waals surface area contributed by atoms with E-state index < -0.39 is 12.2 Å². The molecule has 1 atom stereocenters. The van der Waals surface area contributed by atoms with Crippen molar-refractivity contribution in [2.24, 2.45) is 0 Å². The van der Waals surface area contributed by atoms with Gasteiger partial charge in [-0.25, -0.2) is 4.79 Å². The fraction of sp³-hybridized carbons (Fsp3) is 0.308. The summed E-state index contributed by atoms with van der Waals surface area (Å²) >= 11 is 0.964. The molecule has 0 spiro atoms. The molecule has 0 aliphatic carbocycles. The number of benzene rings is 4. The number of aromatic hydroxyl groups is 1. The van der Waals surface area contributed by atoms with Crippen molar-refractivity contribution >= 4 is 39.2 Å². The zero-order chi connectivity index (χ0) is 35.3. The van der Waals surface area contributed by atoms with Gasteiger partial charge in [-0.2, -0.15) is 0 Å². The molecule has 51 heavy (non-hydrogen) atoms. The second kappa shape index (κ2) is 15.5. The van der Waals surface area contributed by atoms with E-state index in [1.54, 1.807) is 6.07 Å². The lowest BCUT2D eigenvalue weighted by Gasteiger charge is -2.34. The molecule has 3 heterocycles. The average Bonchev–Trinajstić information content (AvgIpc) is 3.55. The predicted octanol–water partition coefficient (Wildman–Crippen LogP) is 5.50. The molecule has 5 N–H and O–H groups in total. The van der Waals surface area contributed by atoms with E-state index in [0.717, 1.165) is 78.1 Å². The minimum Gasteiger partial charge on any atom is -0.506 e. The molecular formula is C39H41N5O6S. The van der Waals surface area contributed by atoms with E-state index in [1.165, 1.54) is 6.07 Å². The largest absolute Gasteiger partial charge is 0.506 e. The molecule has 5 aromatic rings. The number of aliphatic hydroxyl groups is 1. The third-order valence-electron chi connectivity index (χ3n) is 9.70. The first-order chi connectivity index (χ1) is 24.8. The highest BCUT2D eigenvalue weighted by Gasteiger charge is 2.27. The Hall–Kier alpha value is -5.01. The Morgan fingerprint density at radius 2 is 1.73 bits per heavy atom. The molecule has 4 aromatic carbocycles. The van der Waals surface area contributed by atoms with Gasteiger partial charge in [0.2, 0.25) is 0 Å². The van der Waals surface area contributed by atoms with Crippen LogP contribution in [-0.4, -0.2) is 82.4 Å². The highest BCUT2D eigenvalue weighted by molar-refractivity contribution is 7.16. The van der Waals surface area contributed by atoms with Crippen molar-refractivity contribution in [1.82, 2.24) is 20.1 Å². The molecule has 264 valence electrons. The van der Waals surface area contributed by atoms with Gasteiger partial charge in [-0.05, 0) is 54.2 Å². The van der Waals surface area contributed by atoms with Crippen LogP contribution in [0.5, 0.6) is 5.75 Å². The van der Waals surface area contributed by atoms with Crippen molar-refractivity contribution in [3.8, 4) is 16.9 Å². The molecule has 1 saturated heterocycles. The lowest BCUT2D eigenvalue weighted by atomic mass is 9.96. The summed E-state index contributed by atoms with van der Waals surface area (Å²) in [6.07, 6.45) is 0.790. The van der Waals surface area contributed by atoms with Crippen molar-refractivity contribution in [1.29, 1.82) is 0 Å². The van der Waals surface area contributed by atoms with Gasteiger partial charge in [0, 0.05) is 62.5 Å². The van der Waals surface area contributed by atoms with Crippen LogP contribution in [0.4, 0.5) is 10.5 Å². The number of thiazole rings is 1. The number of carbonyl (C=O) groups excluding carboxylic acids is 2. The number of hydrogen-bond donors (Lipinski definition) is 5. The number of nitrogens with zero attached hydrogens (tertiary/aromatic N) is 2. The summed E-state index contributed by atoms with van der Waals surface area (Å²) in [5.41, 5.74) is 6.37. The number of likely N-dealkylation sites (tertiary alicyclic amines) is 1. The topological polar surface area (TPSA) is 147 Å². The highest BCUT2D eigenvalue weighted by atomic mass is 32.1. The number of hydrogen-bond acceptors (Lipinski definition) is 9. The van der Waals surface area contributed by atoms with E-state index in [1.807, 2.05) is 71.6 Å². The third kappa shape index (κ3) is 7.99. The maximum atomic E-state index is 13.4. The average molecular weight is 708 g/mol. The summed E-state index contributed by atoms with van der Waals surface area (Å²) in [6, 6.07) is 26.6. The highest BCUT2D eigenvalue weighted by Crippen LogP contribution is 2.32. The van der Waals surface area contributed by atoms with E-state index in [0.29, 0.717) is 41.1 Å². The van der Waals surface area contributed by atoms with Crippen molar-refractivity contribution < 1.29 is 24.5 Å². The number of carbonyl (C=O) groups is 2. The SMILES string of the molecule is O=C(Nc1ccccc1-c1ccccc1)OC1CCN(CCN2CCc3cc(CNC[C@H](O)c4ccc(O)c5[nH]c(=O)sc45)ccc3C2=O)CC1. The van der Waals surface area contributed by atoms with E-state index >= 15 is 0 Å². The quantitative estimate of drug-likeness (QED) is 0.121. The smallest absolute Gasteiger partial charge is 0.411 e. The number of nitrogens with one attached hydrogen (secondary N) is 3. The summed E-state index contributed by atoms with van der Waals surface area (Å²) in [7, 11) is 0. The zero-order valence-electron chi connectivity index (χ0n) is 28.1. The number of phenolic OH excluding ortho intramolecular Hbond substituents is 1. The molecule has 7 rings (SSSR count). The molecule has 2 amide bonds. The van der Waals surface area contributed by atoms with Crippen molar-refractivity contribution in [2.45, 2.75) is 38.0 Å². The second-order valence-electron chi connectivity index (χ2n) is 13.1. The Bertz CT molecular complexity index is 2070. The predicted molar refractivity (Wildman–Crippen MR) is 198 cm³/mol. The van der Waals surface area contributed by atoms with E-state index in [-0.39, 0.29) is 29.2 Å². The summed E-state index contributed by atoms with van der Waals surface area (Å²) in [5.74, 6) is 0.0172. The van der Waals surface area contributed by atoms with Crippen LogP contribution in [0.3, 0.4) is 0 Å². The number of rotatable bonds is 11. The molecule has 0 saturated carbocycles. The van der Waals surface area contributed by atoms with Gasteiger partial charge >= 0.3 is 11.0 Å². The van der Waals surface area contributed by atoms with Crippen LogP contribution in [0.2, 0.25) is 0 Å². The number of aromatic nitrogens is 1. The number of H-pyrrole nitrogens is 1. The first-order valence-electron chi connectivity index (χ1n) is 17.3. The first-order valence-corrected chi connectivity index (χ1v) is 18.1. The van der Waals surface area contributed by atoms with Crippen LogP contribution in [0.1, 0.15) is 46.0 Å². The van der Waals surface area contributed by atoms with Gasteiger partial charge in [0.05, 0.1) is 16.5 Å². The second-order valence-corrected chi connectivity index (χ2v) is 14.0. The number of aromatic amines is 1. The minimum atomic E-state index is -0.863. The van der Waals surface area contributed by atoms with Crippen LogP contribution >= 0.6 is 11.3 Å². The Labute approximate surface area is 299 Å². The summed E-state index contributed by atoms with van der Waals surface area (Å²) in [5, 5.41) is 27.0. The Balaban J connectivity index is 0.846. The Morgan fingerprint density at radius 1 is 0.941 bits per heavy atom. The van der Waals surface area contributed by atoms with Gasteiger partial charge in [-0.15, -0.1) is 0 Å². The normalized spacial score (nSPS) is 15.9. The first kappa shape index (κ1) is 34.4. The molecule has 11 nitrogen and oxygen atoms in total. The monoisotopic (exact) mass is 707 g/mol. The van der Waals surface area contributed by atoms with Crippen LogP contribution in [0, 0.1) is 0 Å². The number of amides is 2. The lowest BCUT2D eigenvalue weighted by Crippen LogP contribution is -2.45. The molecule has 2 aliphatic rings. The molecule has 12 heteroatoms. The Kier molecular flexibility index (Phi) is 10.5. The fourth-order valence-corrected chi connectivity index (χ4v) is 7.86. The maximum Gasteiger partial charge on any atom is 0.411 e. The zero-order valence-corrected chi connectivity index (χ0v) is 29.0. The minimum absolute atomic E-state index is 0.0233. The van der Waals surface area contributed by atoms with E-state index in [2.05, 4.69) is 26.6 Å². The molecule has 1 fully saturated rings. The summed E-state index contributed by atoms with van der Waals surface area (Å²) in [6.45, 7) is 4.42. The standard InChI is InChI=1S/C39H41N5O6S/c45-33-13-12-31(36-35(33)42-39(49)51-36)34(46)24-40-23-25-10-11-30-27(22-25)14-19-44(37(30)47)21-20-43-17-15-28(16-18-43)50-38(48)41-32-9-5-4-8-29(32)26-6-2-1-3-7-26/h1-13,22,28,34,40,45-46H,14-21,23-24H2,(H,41,48)(H,42,49)/t34-/m0/s1. The molecule has 1 aromatic heterocycles. The van der Waals surface area contributed by atoms with Crippen LogP contribution in [0.25, 0.3) is 21.3 Å². The van der Waals surface area contributed by atoms with E-state index in [9.17, 15) is 24.6 Å². The van der Waals surface area contributed by atoms with Crippen LogP contribution in [-0.2, 0) is 17.7 Å². The number of piperidine rings is 1. The summed E-state index contributed by atoms with van der Waals surface area (Å²) in [4.78, 5) is 44.6. The van der Waals surface area contributed by atoms with Gasteiger partial charge in [-0.3, -0.25) is 14.9 Å². The van der Waals surface area contributed by atoms with Crippen LogP contribution < -0.4 is 15.5 Å². The lowest BCUT2D eigenvalue weighted by molar-refractivity contribution is 0.0517. The fourth-order valence-electron chi connectivity index (χ4n) is 6.94. The molecule has 0 bridgehead atoms. The number of anilines is 1. The number of para-hydroxylation sites is 1. The van der Waals surface area contributed by atoms with E-state index in [4.69, 9.17) is 4.74 Å². The molecule has 0 unspecified atom stereocenters. The number of ether oxygens (including phenoxy) is 1. The number of aliphatic hydroxyl groups excluding tert-OH is 1. The van der Waals surface area contributed by atoms with Gasteiger partial charge in [-0.1, -0.05) is 78.1 Å². The maximum absolute atomic E-state index is 13.4. The van der Waals surface area contributed by atoms with Crippen molar-refractivity contribution in [3.05, 3.63) is 117 Å². The van der Waals surface area contributed by atoms with Crippen molar-refractivity contribution in [2.75, 3.05) is 44.6 Å². The number of fused-ring (bicyclic) bond motifs is 2. The van der Waals surface area contributed by atoms with Gasteiger partial charge in [0.25, 0.3) is 5.91 Å². The molecule has 2 aliphatic heterocycles. The van der Waals surface area contributed by atoms with Crippen molar-refractivity contribution in [3.63, 3.8) is 0 Å². The van der Waals surface area contributed by atoms with Gasteiger partial charge in [0.15, 0.2) is 0 Å². The number of phenols is 1. The summed E-state index contributed by atoms with van der Waals surface area (Å²) < 4.78 is 6.34. The van der Waals surface area contributed by atoms with Gasteiger partial charge < -0.3 is 35.1 Å². The van der Waals surface area contributed by atoms with Gasteiger partial charge in [0.1, 0.15) is 17.4 Å². The Morgan fingerprint density at radius 3 is 2.55 bits per heavy atom.